The predicted octanol–water partition coefficient (Wildman–Crippen LogP) is -0.435. The summed E-state index contributed by atoms with van der Waals surface area (Å²) in [6, 6.07) is 0. The van der Waals surface area contributed by atoms with E-state index in [0.717, 1.165) is 13.7 Å². The van der Waals surface area contributed by atoms with E-state index in [9.17, 15) is 13.0 Å². The maximum atomic E-state index is 9.22. The van der Waals surface area contributed by atoms with Crippen molar-refractivity contribution in [2.24, 2.45) is 0 Å². The summed E-state index contributed by atoms with van der Waals surface area (Å²) < 4.78 is 31.1. The second-order valence-corrected chi connectivity index (χ2v) is 3.66. The van der Waals surface area contributed by atoms with E-state index in [1.807, 2.05) is 6.92 Å². The van der Waals surface area contributed by atoms with Crippen molar-refractivity contribution in [3.8, 4) is 0 Å². The van der Waals surface area contributed by atoms with Crippen LogP contribution in [0, 0.1) is 0 Å². The van der Waals surface area contributed by atoms with Crippen LogP contribution in [-0.4, -0.2) is 50.6 Å². The zero-order valence-corrected chi connectivity index (χ0v) is 8.46. The van der Waals surface area contributed by atoms with Gasteiger partial charge in [0.1, 0.15) is 6.54 Å². The molecule has 0 aromatic heterocycles. The van der Waals surface area contributed by atoms with Crippen molar-refractivity contribution in [3.63, 3.8) is 0 Å². The second kappa shape index (κ2) is 5.44. The highest BCUT2D eigenvalue weighted by atomic mass is 32.3. The third-order valence-electron chi connectivity index (χ3n) is 0.978. The Bertz CT molecular complexity index is 192. The zero-order valence-electron chi connectivity index (χ0n) is 7.64. The van der Waals surface area contributed by atoms with Gasteiger partial charge in [0.2, 0.25) is 10.4 Å². The quantitative estimate of drug-likeness (QED) is 0.283. The topological polar surface area (TPSA) is 86.7 Å². The molecule has 0 aromatic rings. The number of hydrogen-bond acceptors (Lipinski definition) is 5. The molecule has 0 heterocycles. The Morgan fingerprint density at radius 1 is 1.50 bits per heavy atom. The van der Waals surface area contributed by atoms with Crippen LogP contribution < -0.4 is 0 Å². The average Bonchev–Trinajstić information content (AvgIpc) is 1.86. The molecule has 7 heteroatoms. The standard InChI is InChI=1S/C4H12NO.CH4O4S/c1-4-5(2,3)6;1-5-6(2,3)4/h6H,4H2,1-3H3;1H3,(H,2,3,4)/q+1;/p-1. The van der Waals surface area contributed by atoms with Crippen LogP contribution in [0.4, 0.5) is 0 Å². The highest BCUT2D eigenvalue weighted by Crippen LogP contribution is 1.82. The molecule has 0 saturated heterocycles. The van der Waals surface area contributed by atoms with Crippen LogP contribution in [0.2, 0.25) is 0 Å². The molecule has 0 aliphatic carbocycles. The van der Waals surface area contributed by atoms with Crippen molar-refractivity contribution in [3.05, 3.63) is 0 Å². The summed E-state index contributed by atoms with van der Waals surface area (Å²) in [7, 11) is -0.132. The van der Waals surface area contributed by atoms with Crippen LogP contribution in [0.5, 0.6) is 0 Å². The lowest BCUT2D eigenvalue weighted by Crippen LogP contribution is -2.34. The highest BCUT2D eigenvalue weighted by Gasteiger charge is 2.02. The molecule has 0 spiro atoms. The lowest BCUT2D eigenvalue weighted by Gasteiger charge is -2.15. The lowest BCUT2D eigenvalue weighted by molar-refractivity contribution is -1.07. The van der Waals surface area contributed by atoms with E-state index in [0.29, 0.717) is 0 Å². The minimum atomic E-state index is -4.41. The van der Waals surface area contributed by atoms with Crippen LogP contribution in [0.3, 0.4) is 0 Å². The maximum Gasteiger partial charge on any atom is 0.217 e. The third kappa shape index (κ3) is 22.6. The summed E-state index contributed by atoms with van der Waals surface area (Å²) in [6.45, 7) is 2.69. The first-order valence-corrected chi connectivity index (χ1v) is 4.53. The van der Waals surface area contributed by atoms with E-state index in [1.165, 1.54) is 0 Å². The SMILES string of the molecule is CC[N+](C)(C)O.COS(=O)(=O)[O-]. The largest absolute Gasteiger partial charge is 0.726 e. The fourth-order valence-corrected chi connectivity index (χ4v) is 0. The number of quaternary nitrogens is 1. The Kier molecular flexibility index (Phi) is 6.49. The van der Waals surface area contributed by atoms with E-state index in [1.54, 1.807) is 14.1 Å². The maximum absolute atomic E-state index is 9.22. The monoisotopic (exact) mass is 201 g/mol. The summed E-state index contributed by atoms with van der Waals surface area (Å²) in [5.41, 5.74) is 0. The Hall–Kier alpha value is -0.210. The van der Waals surface area contributed by atoms with Crippen molar-refractivity contribution in [2.45, 2.75) is 6.92 Å². The molecule has 0 rings (SSSR count). The molecule has 1 N–H and O–H groups in total. The Balaban J connectivity index is 0. The zero-order chi connectivity index (χ0) is 10.4. The van der Waals surface area contributed by atoms with Crippen LogP contribution >= 0.6 is 0 Å². The molecule has 0 amide bonds. The minimum absolute atomic E-state index is 0.0694. The van der Waals surface area contributed by atoms with Crippen LogP contribution in [0.15, 0.2) is 0 Å². The molecule has 6 nitrogen and oxygen atoms in total. The molecule has 76 valence electrons. The summed E-state index contributed by atoms with van der Waals surface area (Å²) >= 11 is 0. The van der Waals surface area contributed by atoms with Gasteiger partial charge in [-0.3, -0.25) is 4.18 Å². The third-order valence-corrected chi connectivity index (χ3v) is 1.39. The van der Waals surface area contributed by atoms with Crippen molar-refractivity contribution in [1.82, 2.24) is 0 Å². The van der Waals surface area contributed by atoms with Gasteiger partial charge in [-0.25, -0.2) is 13.6 Å². The second-order valence-electron chi connectivity index (χ2n) is 2.51. The molecule has 0 saturated carbocycles. The Morgan fingerprint density at radius 3 is 1.67 bits per heavy atom. The molecule has 0 fully saturated rings. The van der Waals surface area contributed by atoms with Gasteiger partial charge >= 0.3 is 0 Å². The molecule has 0 aliphatic heterocycles. The number of rotatable bonds is 2. The van der Waals surface area contributed by atoms with Crippen molar-refractivity contribution in [1.29, 1.82) is 0 Å². The van der Waals surface area contributed by atoms with Gasteiger partial charge in [-0.1, -0.05) is 0 Å². The van der Waals surface area contributed by atoms with Gasteiger partial charge < -0.3 is 4.55 Å². The van der Waals surface area contributed by atoms with E-state index < -0.39 is 10.4 Å². The van der Waals surface area contributed by atoms with E-state index in [4.69, 9.17) is 5.21 Å². The molecular formula is C5H15NO5S. The fourth-order valence-electron chi connectivity index (χ4n) is 0. The molecule has 12 heavy (non-hydrogen) atoms. The Morgan fingerprint density at radius 2 is 1.67 bits per heavy atom. The first kappa shape index (κ1) is 14.3. The van der Waals surface area contributed by atoms with Gasteiger partial charge in [0.25, 0.3) is 0 Å². The van der Waals surface area contributed by atoms with Crippen molar-refractivity contribution < 1.29 is 27.0 Å². The normalized spacial score (nSPS) is 11.8. The molecule has 0 radical (unpaired) electrons. The molecule has 0 bridgehead atoms. The number of hydrogen-bond donors (Lipinski definition) is 1. The van der Waals surface area contributed by atoms with Crippen molar-refractivity contribution in [2.75, 3.05) is 27.7 Å². The molecule has 0 atom stereocenters. The fraction of sp³-hybridized carbons (Fsp3) is 1.00. The van der Waals surface area contributed by atoms with Crippen LogP contribution in [-0.2, 0) is 14.6 Å². The summed E-state index contributed by atoms with van der Waals surface area (Å²) in [5.74, 6) is 0. The molecule has 0 aliphatic rings. The minimum Gasteiger partial charge on any atom is -0.726 e. The van der Waals surface area contributed by atoms with E-state index in [2.05, 4.69) is 4.18 Å². The Labute approximate surface area is 72.9 Å². The van der Waals surface area contributed by atoms with Gasteiger partial charge in [-0.2, -0.15) is 4.65 Å². The number of nitrogens with zero attached hydrogens (tertiary/aromatic N) is 1. The molecule has 0 aromatic carbocycles. The highest BCUT2D eigenvalue weighted by molar-refractivity contribution is 7.80. The van der Waals surface area contributed by atoms with Gasteiger partial charge in [0.05, 0.1) is 21.2 Å². The molecular weight excluding hydrogens is 186 g/mol. The van der Waals surface area contributed by atoms with Crippen LogP contribution in [0.1, 0.15) is 6.92 Å². The van der Waals surface area contributed by atoms with E-state index >= 15 is 0 Å². The van der Waals surface area contributed by atoms with Crippen molar-refractivity contribution >= 4 is 10.4 Å². The first-order valence-electron chi connectivity index (χ1n) is 3.19. The number of hydroxylamine groups is 3. The van der Waals surface area contributed by atoms with Gasteiger partial charge in [-0.15, -0.1) is 0 Å². The first-order chi connectivity index (χ1) is 5.12. The van der Waals surface area contributed by atoms with E-state index in [-0.39, 0.29) is 4.65 Å². The summed E-state index contributed by atoms with van der Waals surface area (Å²) in [5, 5.41) is 8.76. The lowest BCUT2D eigenvalue weighted by atomic mass is 10.7. The van der Waals surface area contributed by atoms with Gasteiger partial charge in [-0.05, 0) is 6.92 Å². The smallest absolute Gasteiger partial charge is 0.217 e. The predicted molar refractivity (Wildman–Crippen MR) is 41.1 cm³/mol. The average molecular weight is 201 g/mol. The van der Waals surface area contributed by atoms with Gasteiger partial charge in [0, 0.05) is 0 Å². The molecule has 0 unspecified atom stereocenters. The summed E-state index contributed by atoms with van der Waals surface area (Å²) in [6.07, 6.45) is 0. The van der Waals surface area contributed by atoms with Crippen LogP contribution in [0.25, 0.3) is 0 Å². The van der Waals surface area contributed by atoms with Gasteiger partial charge in [0.15, 0.2) is 0 Å². The summed E-state index contributed by atoms with van der Waals surface area (Å²) in [4.78, 5) is 0.